The van der Waals surface area contributed by atoms with Crippen molar-refractivity contribution in [1.29, 1.82) is 0 Å². The van der Waals surface area contributed by atoms with E-state index in [0.717, 1.165) is 17.3 Å². The van der Waals surface area contributed by atoms with Crippen LogP contribution in [-0.2, 0) is 16.0 Å². The van der Waals surface area contributed by atoms with Crippen molar-refractivity contribution in [1.82, 2.24) is 0 Å². The van der Waals surface area contributed by atoms with Crippen molar-refractivity contribution < 1.29 is 9.59 Å². The Kier molecular flexibility index (Phi) is 5.84. The molecule has 2 aromatic rings. The van der Waals surface area contributed by atoms with Gasteiger partial charge < -0.3 is 5.32 Å². The average Bonchev–Trinajstić information content (AvgIpc) is 2.49. The zero-order chi connectivity index (χ0) is 15.1. The first-order valence-corrected chi connectivity index (χ1v) is 7.75. The highest BCUT2D eigenvalue weighted by molar-refractivity contribution is 8.14. The van der Waals surface area contributed by atoms with E-state index in [0.29, 0.717) is 17.1 Å². The van der Waals surface area contributed by atoms with Crippen LogP contribution >= 0.6 is 23.4 Å². The van der Waals surface area contributed by atoms with Crippen molar-refractivity contribution in [3.63, 3.8) is 0 Å². The van der Waals surface area contributed by atoms with E-state index in [1.807, 2.05) is 30.3 Å². The topological polar surface area (TPSA) is 46.2 Å². The highest BCUT2D eigenvalue weighted by Gasteiger charge is 2.10. The molecule has 0 unspecified atom stereocenters. The van der Waals surface area contributed by atoms with E-state index in [4.69, 9.17) is 11.6 Å². The number of thioether (sulfide) groups is 1. The molecule has 21 heavy (non-hydrogen) atoms. The number of halogens is 1. The predicted molar refractivity (Wildman–Crippen MR) is 87.7 cm³/mol. The van der Waals surface area contributed by atoms with Gasteiger partial charge in [-0.3, -0.25) is 9.59 Å². The molecule has 0 spiro atoms. The molecular weight excluding hydrogens is 306 g/mol. The Labute approximate surface area is 132 Å². The Morgan fingerprint density at radius 1 is 1.00 bits per heavy atom. The van der Waals surface area contributed by atoms with Crippen LogP contribution in [0.4, 0.5) is 5.69 Å². The van der Waals surface area contributed by atoms with Crippen LogP contribution < -0.4 is 5.32 Å². The molecule has 5 heteroatoms. The lowest BCUT2D eigenvalue weighted by atomic mass is 10.2. The molecule has 0 atom stereocenters. The van der Waals surface area contributed by atoms with Gasteiger partial charge in [0.15, 0.2) is 5.12 Å². The van der Waals surface area contributed by atoms with E-state index in [1.54, 1.807) is 24.3 Å². The fourth-order valence-electron chi connectivity index (χ4n) is 1.71. The number of nitrogens with one attached hydrogen (secondary N) is 1. The van der Waals surface area contributed by atoms with Gasteiger partial charge in [-0.1, -0.05) is 65.8 Å². The van der Waals surface area contributed by atoms with E-state index in [9.17, 15) is 9.59 Å². The first kappa shape index (κ1) is 15.6. The fourth-order valence-corrected chi connectivity index (χ4v) is 2.52. The Morgan fingerprint density at radius 2 is 1.67 bits per heavy atom. The van der Waals surface area contributed by atoms with Crippen LogP contribution in [0.15, 0.2) is 54.6 Å². The van der Waals surface area contributed by atoms with Crippen molar-refractivity contribution in [2.24, 2.45) is 0 Å². The Morgan fingerprint density at radius 3 is 2.38 bits per heavy atom. The molecule has 0 heterocycles. The van der Waals surface area contributed by atoms with Gasteiger partial charge in [-0.15, -0.1) is 0 Å². The molecule has 0 aromatic heterocycles. The summed E-state index contributed by atoms with van der Waals surface area (Å²) in [6, 6.07) is 16.4. The molecule has 0 radical (unpaired) electrons. The van der Waals surface area contributed by atoms with Crippen LogP contribution in [0.25, 0.3) is 0 Å². The number of hydrogen-bond acceptors (Lipinski definition) is 3. The fraction of sp³-hybridized carbons (Fsp3) is 0.125. The maximum atomic E-state index is 11.8. The van der Waals surface area contributed by atoms with Crippen LogP contribution in [0.5, 0.6) is 0 Å². The number of anilines is 1. The Hall–Kier alpha value is -1.78. The molecule has 0 aliphatic carbocycles. The van der Waals surface area contributed by atoms with Crippen LogP contribution in [-0.4, -0.2) is 16.8 Å². The molecule has 1 amide bonds. The number of amides is 1. The molecule has 1 N–H and O–H groups in total. The molecule has 0 bridgehead atoms. The third-order valence-electron chi connectivity index (χ3n) is 2.70. The molecule has 0 aliphatic rings. The number of hydrogen-bond donors (Lipinski definition) is 1. The van der Waals surface area contributed by atoms with E-state index in [2.05, 4.69) is 5.32 Å². The predicted octanol–water partition coefficient (Wildman–Crippen LogP) is 3.78. The second-order valence-electron chi connectivity index (χ2n) is 4.35. The largest absolute Gasteiger partial charge is 0.324 e. The van der Waals surface area contributed by atoms with Gasteiger partial charge in [0.25, 0.3) is 0 Å². The van der Waals surface area contributed by atoms with Crippen molar-refractivity contribution in [2.45, 2.75) is 6.42 Å². The van der Waals surface area contributed by atoms with Gasteiger partial charge in [0, 0.05) is 6.42 Å². The number of para-hydroxylation sites is 1. The zero-order valence-electron chi connectivity index (χ0n) is 11.2. The van der Waals surface area contributed by atoms with Gasteiger partial charge in [0.2, 0.25) is 5.91 Å². The summed E-state index contributed by atoms with van der Waals surface area (Å²) in [4.78, 5) is 23.6. The summed E-state index contributed by atoms with van der Waals surface area (Å²) in [5.41, 5.74) is 1.50. The van der Waals surface area contributed by atoms with Gasteiger partial charge in [-0.25, -0.2) is 0 Å². The number of benzene rings is 2. The van der Waals surface area contributed by atoms with E-state index >= 15 is 0 Å². The third kappa shape index (κ3) is 5.25. The first-order valence-electron chi connectivity index (χ1n) is 6.39. The van der Waals surface area contributed by atoms with Gasteiger partial charge in [-0.05, 0) is 17.7 Å². The average molecular weight is 320 g/mol. The zero-order valence-corrected chi connectivity index (χ0v) is 12.8. The highest BCUT2D eigenvalue weighted by Crippen LogP contribution is 2.20. The molecule has 3 nitrogen and oxygen atoms in total. The quantitative estimate of drug-likeness (QED) is 0.912. The molecule has 2 aromatic carbocycles. The Balaban J connectivity index is 1.79. The monoisotopic (exact) mass is 319 g/mol. The number of carbonyl (C=O) groups excluding carboxylic acids is 2. The van der Waals surface area contributed by atoms with E-state index in [-0.39, 0.29) is 16.8 Å². The van der Waals surface area contributed by atoms with Crippen LogP contribution in [0, 0.1) is 0 Å². The molecule has 2 rings (SSSR count). The minimum atomic E-state index is -0.241. The lowest BCUT2D eigenvalue weighted by Crippen LogP contribution is -2.16. The first-order chi connectivity index (χ1) is 10.1. The minimum absolute atomic E-state index is 0.0319. The minimum Gasteiger partial charge on any atom is -0.324 e. The summed E-state index contributed by atoms with van der Waals surface area (Å²) in [7, 11) is 0. The molecule has 0 aliphatic heterocycles. The maximum Gasteiger partial charge on any atom is 0.234 e. The van der Waals surface area contributed by atoms with Crippen molar-refractivity contribution in [2.75, 3.05) is 11.1 Å². The molecule has 108 valence electrons. The molecular formula is C16H14ClNO2S. The van der Waals surface area contributed by atoms with E-state index in [1.165, 1.54) is 0 Å². The molecule has 0 saturated heterocycles. The summed E-state index contributed by atoms with van der Waals surface area (Å²) in [6.07, 6.45) is 0.324. The third-order valence-corrected chi connectivity index (χ3v) is 3.91. The summed E-state index contributed by atoms with van der Waals surface area (Å²) >= 11 is 6.96. The van der Waals surface area contributed by atoms with Crippen molar-refractivity contribution >= 4 is 40.1 Å². The lowest BCUT2D eigenvalue weighted by Gasteiger charge is -2.06. The number of rotatable bonds is 5. The van der Waals surface area contributed by atoms with Gasteiger partial charge >= 0.3 is 0 Å². The second-order valence-corrected chi connectivity index (χ2v) is 5.79. The van der Waals surface area contributed by atoms with Gasteiger partial charge in [-0.2, -0.15) is 0 Å². The van der Waals surface area contributed by atoms with Crippen molar-refractivity contribution in [3.8, 4) is 0 Å². The number of carbonyl (C=O) groups is 2. The molecule has 0 fully saturated rings. The standard InChI is InChI=1S/C16H14ClNO2S/c17-13-8-4-5-9-14(13)18-15(19)11-21-16(20)10-12-6-2-1-3-7-12/h1-9H,10-11H2,(H,18,19). The second kappa shape index (κ2) is 7.86. The van der Waals surface area contributed by atoms with Gasteiger partial charge in [0.05, 0.1) is 16.5 Å². The summed E-state index contributed by atoms with van der Waals surface area (Å²) in [5, 5.41) is 3.13. The molecule has 0 saturated carbocycles. The normalized spacial score (nSPS) is 10.1. The summed E-state index contributed by atoms with van der Waals surface area (Å²) in [6.45, 7) is 0. The van der Waals surface area contributed by atoms with Crippen LogP contribution in [0.1, 0.15) is 5.56 Å². The van der Waals surface area contributed by atoms with Crippen LogP contribution in [0.3, 0.4) is 0 Å². The Bertz CT molecular complexity index is 631. The smallest absolute Gasteiger partial charge is 0.234 e. The summed E-state index contributed by atoms with van der Waals surface area (Å²) in [5.74, 6) is -0.161. The van der Waals surface area contributed by atoms with Crippen LogP contribution in [0.2, 0.25) is 5.02 Å². The van der Waals surface area contributed by atoms with E-state index < -0.39 is 0 Å². The highest BCUT2D eigenvalue weighted by atomic mass is 35.5. The van der Waals surface area contributed by atoms with Crippen molar-refractivity contribution in [3.05, 3.63) is 65.2 Å². The summed E-state index contributed by atoms with van der Waals surface area (Å²) < 4.78 is 0. The maximum absolute atomic E-state index is 11.8. The lowest BCUT2D eigenvalue weighted by molar-refractivity contribution is -0.114. The van der Waals surface area contributed by atoms with Gasteiger partial charge in [0.1, 0.15) is 0 Å². The SMILES string of the molecule is O=C(CSC(=O)Cc1ccccc1)Nc1ccccc1Cl.